The topological polar surface area (TPSA) is 74.4 Å². The van der Waals surface area contributed by atoms with Crippen molar-refractivity contribution in [3.8, 4) is 11.6 Å². The lowest BCUT2D eigenvalue weighted by atomic mass is 10.2. The maximum Gasteiger partial charge on any atom is 0.329 e. The quantitative estimate of drug-likeness (QED) is 0.435. The van der Waals surface area contributed by atoms with Gasteiger partial charge >= 0.3 is 5.69 Å². The minimum Gasteiger partial charge on any atom is -0.494 e. The Hall–Kier alpha value is -3.88. The number of rotatable bonds is 6. The van der Waals surface area contributed by atoms with E-state index < -0.39 is 0 Å². The van der Waals surface area contributed by atoms with Crippen LogP contribution < -0.4 is 20.1 Å². The van der Waals surface area contributed by atoms with Crippen LogP contribution in [0.4, 0.5) is 10.1 Å². The predicted molar refractivity (Wildman–Crippen MR) is 127 cm³/mol. The molecule has 3 heterocycles. The number of fused-ring (bicyclic) bond motifs is 1. The molecule has 9 heteroatoms. The molecule has 176 valence electrons. The summed E-state index contributed by atoms with van der Waals surface area (Å²) in [6.45, 7) is 3.34. The van der Waals surface area contributed by atoms with Gasteiger partial charge in [-0.15, -0.1) is 0 Å². The molecule has 0 N–H and O–H groups in total. The highest BCUT2D eigenvalue weighted by atomic mass is 19.1. The van der Waals surface area contributed by atoms with Gasteiger partial charge in [0, 0.05) is 19.3 Å². The van der Waals surface area contributed by atoms with Gasteiger partial charge in [0.2, 0.25) is 5.88 Å². The number of hydrogen-bond donors (Lipinski definition) is 0. The Morgan fingerprint density at radius 2 is 1.97 bits per heavy atom. The molecule has 1 unspecified atom stereocenters. The van der Waals surface area contributed by atoms with Crippen LogP contribution in [0.5, 0.6) is 11.6 Å². The van der Waals surface area contributed by atoms with Crippen molar-refractivity contribution in [2.45, 2.75) is 25.9 Å². The highest BCUT2D eigenvalue weighted by molar-refractivity contribution is 5.83. The Morgan fingerprint density at radius 1 is 1.15 bits per heavy atom. The molecule has 1 aliphatic rings. The first kappa shape index (κ1) is 21.9. The van der Waals surface area contributed by atoms with Crippen molar-refractivity contribution in [1.82, 2.24) is 19.1 Å². The van der Waals surface area contributed by atoms with Crippen LogP contribution in [0.1, 0.15) is 23.6 Å². The van der Waals surface area contributed by atoms with Crippen molar-refractivity contribution in [1.29, 1.82) is 0 Å². The van der Waals surface area contributed by atoms with Gasteiger partial charge in [-0.1, -0.05) is 18.2 Å². The fourth-order valence-corrected chi connectivity index (χ4v) is 4.96. The van der Waals surface area contributed by atoms with Gasteiger partial charge < -0.3 is 14.4 Å². The zero-order valence-corrected chi connectivity index (χ0v) is 19.4. The maximum absolute atomic E-state index is 14.6. The number of benzene rings is 2. The molecule has 1 atom stereocenters. The fourth-order valence-electron chi connectivity index (χ4n) is 4.96. The maximum atomic E-state index is 14.6. The minimum absolute atomic E-state index is 0.115. The van der Waals surface area contributed by atoms with E-state index in [1.165, 1.54) is 19.5 Å². The summed E-state index contributed by atoms with van der Waals surface area (Å²) in [6.07, 6.45) is 3.78. The molecule has 5 rings (SSSR count). The van der Waals surface area contributed by atoms with Crippen LogP contribution in [0.3, 0.4) is 0 Å². The number of nitrogens with zero attached hydrogens (tertiary/aromatic N) is 5. The molecule has 1 aliphatic heterocycles. The highest BCUT2D eigenvalue weighted by Gasteiger charge is 2.31. The third kappa shape index (κ3) is 3.57. The molecule has 0 aliphatic carbocycles. The molecule has 0 amide bonds. The molecule has 0 spiro atoms. The van der Waals surface area contributed by atoms with Crippen LogP contribution in [0.25, 0.3) is 11.0 Å². The van der Waals surface area contributed by atoms with E-state index in [0.29, 0.717) is 41.5 Å². The van der Waals surface area contributed by atoms with E-state index in [1.54, 1.807) is 23.9 Å². The van der Waals surface area contributed by atoms with Crippen molar-refractivity contribution < 1.29 is 13.9 Å². The molecule has 2 aromatic heterocycles. The average molecular weight is 464 g/mol. The standard InChI is InChI=1S/C25H26FN5O3/c1-16-6-4-7-19(26)22(16)29-11-10-18(14-29)31-20-8-5-9-21(33-2)23(20)30(25(31)32)13-17-12-27-15-28-24(17)34-3/h4-9,12,15,18H,10-11,13-14H2,1-3H3. The molecule has 8 nitrogen and oxygen atoms in total. The highest BCUT2D eigenvalue weighted by Crippen LogP contribution is 2.34. The Bertz CT molecular complexity index is 1390. The third-order valence-electron chi connectivity index (χ3n) is 6.47. The summed E-state index contributed by atoms with van der Waals surface area (Å²) in [5.74, 6) is 0.775. The lowest BCUT2D eigenvalue weighted by Crippen LogP contribution is -2.30. The number of methoxy groups -OCH3 is 2. The molecule has 1 fully saturated rings. The van der Waals surface area contributed by atoms with Gasteiger partial charge in [0.05, 0.1) is 43.6 Å². The van der Waals surface area contributed by atoms with Gasteiger partial charge in [-0.2, -0.15) is 0 Å². The smallest absolute Gasteiger partial charge is 0.329 e. The van der Waals surface area contributed by atoms with E-state index in [0.717, 1.165) is 17.5 Å². The van der Waals surface area contributed by atoms with E-state index in [9.17, 15) is 9.18 Å². The lowest BCUT2D eigenvalue weighted by Gasteiger charge is -2.21. The summed E-state index contributed by atoms with van der Waals surface area (Å²) in [6, 6.07) is 10.6. The number of hydrogen-bond acceptors (Lipinski definition) is 6. The second-order valence-corrected chi connectivity index (χ2v) is 8.42. The van der Waals surface area contributed by atoms with Crippen molar-refractivity contribution in [2.75, 3.05) is 32.2 Å². The van der Waals surface area contributed by atoms with E-state index in [1.807, 2.05) is 40.7 Å². The SMILES string of the molecule is COc1ncncc1Cn1c(=O)n(C2CCN(c3c(C)cccc3F)C2)c2cccc(OC)c21. The zero-order valence-electron chi connectivity index (χ0n) is 19.4. The third-order valence-corrected chi connectivity index (χ3v) is 6.47. The number of halogens is 1. The van der Waals surface area contributed by atoms with Crippen molar-refractivity contribution >= 4 is 16.7 Å². The van der Waals surface area contributed by atoms with E-state index in [-0.39, 0.29) is 24.1 Å². The summed E-state index contributed by atoms with van der Waals surface area (Å²) in [5, 5.41) is 0. The van der Waals surface area contributed by atoms with Crippen LogP contribution in [0.15, 0.2) is 53.7 Å². The minimum atomic E-state index is -0.242. The van der Waals surface area contributed by atoms with Gasteiger partial charge in [0.1, 0.15) is 23.4 Å². The van der Waals surface area contributed by atoms with Crippen LogP contribution in [-0.4, -0.2) is 46.4 Å². The Labute approximate surface area is 196 Å². The van der Waals surface area contributed by atoms with Gasteiger partial charge in [-0.05, 0) is 37.1 Å². The van der Waals surface area contributed by atoms with Gasteiger partial charge in [-0.25, -0.2) is 19.2 Å². The average Bonchev–Trinajstić information content (AvgIpc) is 3.42. The largest absolute Gasteiger partial charge is 0.494 e. The molecule has 0 saturated carbocycles. The second kappa shape index (κ2) is 8.81. The number of ether oxygens (including phenoxy) is 2. The zero-order chi connectivity index (χ0) is 23.8. The first-order valence-electron chi connectivity index (χ1n) is 11.1. The van der Waals surface area contributed by atoms with Crippen LogP contribution >= 0.6 is 0 Å². The summed E-state index contributed by atoms with van der Waals surface area (Å²) >= 11 is 0. The molecule has 1 saturated heterocycles. The first-order valence-corrected chi connectivity index (χ1v) is 11.1. The fraction of sp³-hybridized carbons (Fsp3) is 0.320. The summed E-state index contributed by atoms with van der Waals surface area (Å²) < 4.78 is 29.1. The first-order chi connectivity index (χ1) is 16.5. The number of aryl methyl sites for hydroxylation is 1. The monoisotopic (exact) mass is 463 g/mol. The van der Waals surface area contributed by atoms with Crippen LogP contribution in [0, 0.1) is 12.7 Å². The normalized spacial score (nSPS) is 15.8. The number of anilines is 1. The molecule has 2 aromatic carbocycles. The van der Waals surface area contributed by atoms with E-state index >= 15 is 0 Å². The van der Waals surface area contributed by atoms with E-state index in [4.69, 9.17) is 9.47 Å². The summed E-state index contributed by atoms with van der Waals surface area (Å²) in [7, 11) is 3.13. The predicted octanol–water partition coefficient (Wildman–Crippen LogP) is 3.56. The molecule has 0 radical (unpaired) electrons. The number of imidazole rings is 1. The second-order valence-electron chi connectivity index (χ2n) is 8.42. The Kier molecular flexibility index (Phi) is 5.69. The van der Waals surface area contributed by atoms with Gasteiger partial charge in [-0.3, -0.25) is 9.13 Å². The Morgan fingerprint density at radius 3 is 2.74 bits per heavy atom. The lowest BCUT2D eigenvalue weighted by molar-refractivity contribution is 0.389. The van der Waals surface area contributed by atoms with Crippen LogP contribution in [-0.2, 0) is 6.54 Å². The van der Waals surface area contributed by atoms with Gasteiger partial charge in [0.25, 0.3) is 0 Å². The molecular weight excluding hydrogens is 437 g/mol. The number of aromatic nitrogens is 4. The van der Waals surface area contributed by atoms with Crippen molar-refractivity contribution in [2.24, 2.45) is 0 Å². The molecule has 4 aromatic rings. The summed E-state index contributed by atoms with van der Waals surface area (Å²) in [4.78, 5) is 24.1. The molecule has 0 bridgehead atoms. The number of para-hydroxylation sites is 2. The van der Waals surface area contributed by atoms with E-state index in [2.05, 4.69) is 9.97 Å². The van der Waals surface area contributed by atoms with Crippen LogP contribution in [0.2, 0.25) is 0 Å². The van der Waals surface area contributed by atoms with Crippen molar-refractivity contribution in [3.63, 3.8) is 0 Å². The Balaban J connectivity index is 1.60. The summed E-state index contributed by atoms with van der Waals surface area (Å²) in [5.41, 5.74) is 3.48. The molecule has 34 heavy (non-hydrogen) atoms. The molecular formula is C25H26FN5O3. The van der Waals surface area contributed by atoms with Crippen molar-refractivity contribution in [3.05, 3.63) is 76.4 Å². The van der Waals surface area contributed by atoms with Gasteiger partial charge in [0.15, 0.2) is 0 Å².